The van der Waals surface area contributed by atoms with Crippen LogP contribution < -0.4 is 10.1 Å². The van der Waals surface area contributed by atoms with Gasteiger partial charge in [0.15, 0.2) is 5.69 Å². The summed E-state index contributed by atoms with van der Waals surface area (Å²) in [5, 5.41) is 36.9. The topological polar surface area (TPSA) is 166 Å². The molecule has 1 amide bonds. The zero-order valence-corrected chi connectivity index (χ0v) is 23.1. The van der Waals surface area contributed by atoms with Gasteiger partial charge in [-0.25, -0.2) is 4.79 Å². The minimum absolute atomic E-state index is 0.0353. The lowest BCUT2D eigenvalue weighted by Crippen LogP contribution is -2.40. The van der Waals surface area contributed by atoms with Crippen molar-refractivity contribution in [3.8, 4) is 11.8 Å². The van der Waals surface area contributed by atoms with E-state index in [1.807, 2.05) is 17.0 Å². The Bertz CT molecular complexity index is 1290. The van der Waals surface area contributed by atoms with Crippen molar-refractivity contribution in [3.05, 3.63) is 52.3 Å². The second kappa shape index (κ2) is 14.8. The molecule has 2 aliphatic rings. The number of carbonyl (C=O) groups excluding carboxylic acids is 1. The molecule has 0 bridgehead atoms. The van der Waals surface area contributed by atoms with E-state index in [0.717, 1.165) is 44.2 Å². The molecule has 0 radical (unpaired) electrons. The number of hydrogen-bond acceptors (Lipinski definition) is 8. The van der Waals surface area contributed by atoms with E-state index in [-0.39, 0.29) is 30.5 Å². The van der Waals surface area contributed by atoms with Crippen LogP contribution in [0.3, 0.4) is 0 Å². The third-order valence-electron chi connectivity index (χ3n) is 6.90. The predicted molar refractivity (Wildman–Crippen MR) is 142 cm³/mol. The lowest BCUT2D eigenvalue weighted by molar-refractivity contribution is -0.192. The van der Waals surface area contributed by atoms with Gasteiger partial charge in [-0.1, -0.05) is 11.6 Å². The Kier molecular flexibility index (Phi) is 11.5. The van der Waals surface area contributed by atoms with Crippen LogP contribution in [0, 0.1) is 11.3 Å². The number of amides is 1. The lowest BCUT2D eigenvalue weighted by atomic mass is 9.92. The summed E-state index contributed by atoms with van der Waals surface area (Å²) < 4.78 is 37.7. The lowest BCUT2D eigenvalue weighted by Gasteiger charge is -2.30. The first-order chi connectivity index (χ1) is 19.8. The second-order valence-electron chi connectivity index (χ2n) is 9.91. The molecule has 15 heteroatoms. The number of nitrogens with one attached hydrogen (secondary N) is 1. The molecule has 42 heavy (non-hydrogen) atoms. The third-order valence-corrected chi connectivity index (χ3v) is 7.21. The van der Waals surface area contributed by atoms with Gasteiger partial charge < -0.3 is 20.3 Å². The Morgan fingerprint density at radius 3 is 2.19 bits per heavy atom. The van der Waals surface area contributed by atoms with Crippen molar-refractivity contribution >= 4 is 29.4 Å². The van der Waals surface area contributed by atoms with Gasteiger partial charge in [-0.3, -0.25) is 14.5 Å². The van der Waals surface area contributed by atoms with Crippen LogP contribution >= 0.6 is 11.6 Å². The van der Waals surface area contributed by atoms with Crippen LogP contribution in [0.4, 0.5) is 13.2 Å². The van der Waals surface area contributed by atoms with E-state index in [2.05, 4.69) is 15.5 Å². The molecule has 0 atom stereocenters. The molecule has 1 aliphatic heterocycles. The van der Waals surface area contributed by atoms with Gasteiger partial charge in [-0.15, -0.1) is 5.10 Å². The molecule has 0 spiro atoms. The van der Waals surface area contributed by atoms with Crippen molar-refractivity contribution < 1.29 is 42.5 Å². The Labute approximate surface area is 244 Å². The molecular formula is C27H29ClF3N5O6. The molecule has 1 saturated carbocycles. The minimum Gasteiger partial charge on any atom is -0.490 e. The molecule has 11 nitrogen and oxygen atoms in total. The number of nitrogens with zero attached hydrogens (tertiary/aromatic N) is 4. The molecule has 1 aromatic heterocycles. The van der Waals surface area contributed by atoms with Gasteiger partial charge >= 0.3 is 18.1 Å². The number of carboxylic acid groups (broad SMARTS) is 2. The van der Waals surface area contributed by atoms with Crippen molar-refractivity contribution in [1.29, 1.82) is 5.26 Å². The largest absolute Gasteiger partial charge is 0.490 e. The summed E-state index contributed by atoms with van der Waals surface area (Å²) in [4.78, 5) is 34.4. The van der Waals surface area contributed by atoms with E-state index in [1.54, 1.807) is 24.3 Å². The molecule has 4 rings (SSSR count). The predicted octanol–water partition coefficient (Wildman–Crippen LogP) is 4.02. The summed E-state index contributed by atoms with van der Waals surface area (Å²) in [6, 6.07) is 10.7. The maximum Gasteiger partial charge on any atom is 0.490 e. The summed E-state index contributed by atoms with van der Waals surface area (Å²) in [5.74, 6) is -2.93. The number of piperidine rings is 1. The fourth-order valence-corrected chi connectivity index (χ4v) is 4.91. The Morgan fingerprint density at radius 1 is 1.05 bits per heavy atom. The Hall–Kier alpha value is -3.96. The molecule has 1 saturated heterocycles. The number of hydrogen-bond donors (Lipinski definition) is 3. The average molecular weight is 612 g/mol. The fraction of sp³-hybridized carbons (Fsp3) is 0.481. The number of aliphatic carboxylic acids is 2. The number of alkyl halides is 3. The second-order valence-corrected chi connectivity index (χ2v) is 10.3. The molecule has 2 fully saturated rings. The highest BCUT2D eigenvalue weighted by molar-refractivity contribution is 6.31. The number of benzene rings is 1. The zero-order valence-electron chi connectivity index (χ0n) is 22.3. The first kappa shape index (κ1) is 32.6. The van der Waals surface area contributed by atoms with E-state index in [4.69, 9.17) is 36.6 Å². The molecule has 2 heterocycles. The highest BCUT2D eigenvalue weighted by Crippen LogP contribution is 2.28. The quantitative estimate of drug-likeness (QED) is 0.416. The van der Waals surface area contributed by atoms with Gasteiger partial charge in [-0.05, 0) is 75.9 Å². The Balaban J connectivity index is 0.000000616. The number of aromatic nitrogens is 2. The van der Waals surface area contributed by atoms with Crippen molar-refractivity contribution in [2.75, 3.05) is 19.6 Å². The van der Waals surface area contributed by atoms with Crippen molar-refractivity contribution in [1.82, 2.24) is 20.4 Å². The number of carboxylic acids is 2. The number of rotatable bonds is 7. The molecule has 0 unspecified atom stereocenters. The summed E-state index contributed by atoms with van der Waals surface area (Å²) in [5.41, 5.74) is 1.56. The third kappa shape index (κ3) is 9.85. The molecule has 3 N–H and O–H groups in total. The van der Waals surface area contributed by atoms with Crippen molar-refractivity contribution in [2.45, 2.75) is 62.8 Å². The summed E-state index contributed by atoms with van der Waals surface area (Å²) in [6.45, 7) is 1.49. The maximum absolute atomic E-state index is 12.7. The van der Waals surface area contributed by atoms with Crippen molar-refractivity contribution in [2.24, 2.45) is 0 Å². The van der Waals surface area contributed by atoms with Gasteiger partial charge in [0.2, 0.25) is 0 Å². The van der Waals surface area contributed by atoms with Crippen LogP contribution in [0.1, 0.15) is 66.2 Å². The smallest absolute Gasteiger partial charge is 0.490 e. The fourth-order valence-electron chi connectivity index (χ4n) is 4.70. The summed E-state index contributed by atoms with van der Waals surface area (Å²) in [6.07, 6.45) is -0.211. The number of carbonyl (C=O) groups is 3. The van der Waals surface area contributed by atoms with Crippen LogP contribution in [-0.2, 0) is 9.59 Å². The van der Waals surface area contributed by atoms with E-state index >= 15 is 0 Å². The first-order valence-electron chi connectivity index (χ1n) is 13.1. The molecule has 1 aromatic carbocycles. The zero-order chi connectivity index (χ0) is 30.9. The van der Waals surface area contributed by atoms with E-state index in [0.29, 0.717) is 35.1 Å². The highest BCUT2D eigenvalue weighted by atomic mass is 35.5. The van der Waals surface area contributed by atoms with Crippen LogP contribution in [0.25, 0.3) is 0 Å². The van der Waals surface area contributed by atoms with Gasteiger partial charge in [0, 0.05) is 18.0 Å². The number of halogens is 4. The van der Waals surface area contributed by atoms with Gasteiger partial charge in [-0.2, -0.15) is 23.5 Å². The van der Waals surface area contributed by atoms with E-state index in [1.165, 1.54) is 0 Å². The van der Waals surface area contributed by atoms with Crippen LogP contribution in [0.5, 0.6) is 5.75 Å². The molecule has 2 aromatic rings. The number of nitriles is 1. The van der Waals surface area contributed by atoms with Crippen LogP contribution in [0.2, 0.25) is 5.02 Å². The SMILES string of the molecule is N#Cc1ccc(OC2CCC(NC(=O)c3ccc(C4CCN(CC(=O)O)CC4)nn3)CC2)cc1Cl.O=C(O)C(F)(F)F. The summed E-state index contributed by atoms with van der Waals surface area (Å²) in [7, 11) is 0. The van der Waals surface area contributed by atoms with Crippen LogP contribution in [-0.4, -0.2) is 81.1 Å². The number of likely N-dealkylation sites (tertiary alicyclic amines) is 1. The minimum atomic E-state index is -5.08. The summed E-state index contributed by atoms with van der Waals surface area (Å²) >= 11 is 6.08. The molecular weight excluding hydrogens is 583 g/mol. The van der Waals surface area contributed by atoms with Gasteiger partial charge in [0.25, 0.3) is 5.91 Å². The molecule has 1 aliphatic carbocycles. The average Bonchev–Trinajstić information content (AvgIpc) is 2.94. The van der Waals surface area contributed by atoms with Crippen LogP contribution in [0.15, 0.2) is 30.3 Å². The first-order valence-corrected chi connectivity index (χ1v) is 13.5. The van der Waals surface area contributed by atoms with E-state index in [9.17, 15) is 22.8 Å². The van der Waals surface area contributed by atoms with E-state index < -0.39 is 18.1 Å². The monoisotopic (exact) mass is 611 g/mol. The number of ether oxygens (including phenoxy) is 1. The normalized spacial score (nSPS) is 19.5. The molecule has 226 valence electrons. The highest BCUT2D eigenvalue weighted by Gasteiger charge is 2.38. The maximum atomic E-state index is 12.7. The Morgan fingerprint density at radius 2 is 1.69 bits per heavy atom. The van der Waals surface area contributed by atoms with Crippen molar-refractivity contribution in [3.63, 3.8) is 0 Å². The van der Waals surface area contributed by atoms with Gasteiger partial charge in [0.1, 0.15) is 11.8 Å². The van der Waals surface area contributed by atoms with Gasteiger partial charge in [0.05, 0.1) is 28.9 Å². The standard InChI is InChI=1S/C25H28ClN5O4.C2HF3O2/c26-21-13-20(4-1-17(21)14-27)35-19-5-2-18(3-6-19)28-25(34)23-8-7-22(29-30-23)16-9-11-31(12-10-16)15-24(32)33;3-2(4,5)1(6)7/h1,4,7-8,13,16,18-19H,2-3,5-6,9-12,15H2,(H,28,34)(H,32,33);(H,6,7).